The fourth-order valence-electron chi connectivity index (χ4n) is 3.56. The van der Waals surface area contributed by atoms with E-state index in [0.29, 0.717) is 30.9 Å². The zero-order valence-corrected chi connectivity index (χ0v) is 19.4. The fourth-order valence-corrected chi connectivity index (χ4v) is 3.82. The third-order valence-electron chi connectivity index (χ3n) is 5.08. The fraction of sp³-hybridized carbons (Fsp3) is 0.333. The number of benzene rings is 2. The molecule has 164 valence electrons. The molecule has 2 aromatic carbocycles. The molecule has 0 radical (unpaired) electrons. The average molecular weight is 488 g/mol. The Bertz CT molecular complexity index is 966. The number of ether oxygens (including phenoxy) is 2. The minimum absolute atomic E-state index is 0.0854. The van der Waals surface area contributed by atoms with Crippen LogP contribution in [0.2, 0.25) is 0 Å². The summed E-state index contributed by atoms with van der Waals surface area (Å²) in [5.41, 5.74) is 1.29. The molecular formula is C24H26BrNO5. The first kappa shape index (κ1) is 23.0. The van der Waals surface area contributed by atoms with Gasteiger partial charge in [-0.1, -0.05) is 40.2 Å². The molecule has 1 saturated heterocycles. The van der Waals surface area contributed by atoms with Crippen molar-refractivity contribution < 1.29 is 24.2 Å². The quantitative estimate of drug-likeness (QED) is 0.253. The van der Waals surface area contributed by atoms with E-state index in [1.807, 2.05) is 26.0 Å². The van der Waals surface area contributed by atoms with Crippen molar-refractivity contribution >= 4 is 33.4 Å². The summed E-state index contributed by atoms with van der Waals surface area (Å²) in [5, 5.41) is 11.0. The molecule has 1 heterocycles. The Labute approximate surface area is 190 Å². The summed E-state index contributed by atoms with van der Waals surface area (Å²) >= 11 is 3.37. The Balaban J connectivity index is 2.02. The highest BCUT2D eigenvalue weighted by Gasteiger charge is 2.45. The standard InChI is InChI=1S/C24H26BrNO5/c1-15(2)31-14-4-13-26-21(16-7-11-19(30-3)12-8-16)20(23(28)24(26)29)22(27)17-5-9-18(25)10-6-17/h5-12,15,21,27H,4,13-14H2,1-3H3/t21-/m1/s1. The lowest BCUT2D eigenvalue weighted by atomic mass is 9.95. The number of ketones is 1. The van der Waals surface area contributed by atoms with E-state index in [4.69, 9.17) is 9.47 Å². The molecule has 31 heavy (non-hydrogen) atoms. The lowest BCUT2D eigenvalue weighted by Gasteiger charge is -2.25. The van der Waals surface area contributed by atoms with Gasteiger partial charge in [0, 0.05) is 23.2 Å². The predicted octanol–water partition coefficient (Wildman–Crippen LogP) is 4.69. The minimum Gasteiger partial charge on any atom is -0.507 e. The largest absolute Gasteiger partial charge is 0.507 e. The maximum atomic E-state index is 13.0. The number of aliphatic hydroxyl groups is 1. The van der Waals surface area contributed by atoms with Gasteiger partial charge in [0.05, 0.1) is 24.8 Å². The van der Waals surface area contributed by atoms with E-state index in [1.54, 1.807) is 43.5 Å². The SMILES string of the molecule is COc1ccc([C@@H]2C(=C(O)c3ccc(Br)cc3)C(=O)C(=O)N2CCCOC(C)C)cc1. The molecule has 6 nitrogen and oxygen atoms in total. The van der Waals surface area contributed by atoms with Crippen molar-refractivity contribution in [1.29, 1.82) is 0 Å². The smallest absolute Gasteiger partial charge is 0.295 e. The molecule has 0 saturated carbocycles. The first-order valence-corrected chi connectivity index (χ1v) is 10.9. The van der Waals surface area contributed by atoms with E-state index in [9.17, 15) is 14.7 Å². The second kappa shape index (κ2) is 10.1. The van der Waals surface area contributed by atoms with Crippen LogP contribution in [-0.4, -0.2) is 48.1 Å². The van der Waals surface area contributed by atoms with Gasteiger partial charge >= 0.3 is 0 Å². The first-order chi connectivity index (χ1) is 14.8. The Morgan fingerprint density at radius 2 is 1.74 bits per heavy atom. The molecule has 1 aliphatic heterocycles. The molecule has 3 rings (SSSR count). The number of hydrogen-bond donors (Lipinski definition) is 1. The van der Waals surface area contributed by atoms with Gasteiger partial charge in [0.1, 0.15) is 11.5 Å². The number of nitrogens with zero attached hydrogens (tertiary/aromatic N) is 1. The van der Waals surface area contributed by atoms with E-state index in [-0.39, 0.29) is 17.4 Å². The zero-order valence-electron chi connectivity index (χ0n) is 17.8. The monoisotopic (exact) mass is 487 g/mol. The summed E-state index contributed by atoms with van der Waals surface area (Å²) in [6, 6.07) is 13.4. The number of aliphatic hydroxyl groups excluding tert-OH is 1. The maximum Gasteiger partial charge on any atom is 0.295 e. The molecule has 0 bridgehead atoms. The summed E-state index contributed by atoms with van der Waals surface area (Å²) in [6.07, 6.45) is 0.668. The molecular weight excluding hydrogens is 462 g/mol. The highest BCUT2D eigenvalue weighted by Crippen LogP contribution is 2.40. The van der Waals surface area contributed by atoms with Crippen molar-refractivity contribution in [2.24, 2.45) is 0 Å². The summed E-state index contributed by atoms with van der Waals surface area (Å²) in [7, 11) is 1.57. The van der Waals surface area contributed by atoms with Crippen LogP contribution < -0.4 is 4.74 Å². The van der Waals surface area contributed by atoms with Gasteiger partial charge in [0.25, 0.3) is 11.7 Å². The minimum atomic E-state index is -0.689. The second-order valence-corrected chi connectivity index (χ2v) is 8.46. The number of methoxy groups -OCH3 is 1. The third kappa shape index (κ3) is 5.17. The Kier molecular flexibility index (Phi) is 7.51. The molecule has 7 heteroatoms. The van der Waals surface area contributed by atoms with Crippen molar-refractivity contribution in [3.63, 3.8) is 0 Å². The lowest BCUT2D eigenvalue weighted by molar-refractivity contribution is -0.140. The third-order valence-corrected chi connectivity index (χ3v) is 5.61. The first-order valence-electron chi connectivity index (χ1n) is 10.1. The number of carbonyl (C=O) groups is 2. The van der Waals surface area contributed by atoms with Gasteiger partial charge in [0.15, 0.2) is 0 Å². The van der Waals surface area contributed by atoms with Gasteiger partial charge < -0.3 is 19.5 Å². The van der Waals surface area contributed by atoms with Crippen molar-refractivity contribution in [3.8, 4) is 5.75 Å². The van der Waals surface area contributed by atoms with Crippen LogP contribution >= 0.6 is 15.9 Å². The zero-order chi connectivity index (χ0) is 22.5. The molecule has 0 aliphatic carbocycles. The van der Waals surface area contributed by atoms with Crippen molar-refractivity contribution in [1.82, 2.24) is 4.90 Å². The van der Waals surface area contributed by atoms with Crippen LogP contribution in [0.15, 0.2) is 58.6 Å². The van der Waals surface area contributed by atoms with Crippen LogP contribution in [-0.2, 0) is 14.3 Å². The van der Waals surface area contributed by atoms with E-state index in [2.05, 4.69) is 15.9 Å². The van der Waals surface area contributed by atoms with Gasteiger partial charge in [-0.15, -0.1) is 0 Å². The highest BCUT2D eigenvalue weighted by molar-refractivity contribution is 9.10. The number of Topliss-reactive ketones (excluding diaryl/α,β-unsaturated/α-hetero) is 1. The molecule has 2 aromatic rings. The average Bonchev–Trinajstić information content (AvgIpc) is 3.01. The Hall–Kier alpha value is -2.64. The number of amides is 1. The van der Waals surface area contributed by atoms with Gasteiger partial charge in [-0.25, -0.2) is 0 Å². The summed E-state index contributed by atoms with van der Waals surface area (Å²) in [4.78, 5) is 27.4. The van der Waals surface area contributed by atoms with E-state index in [0.717, 1.165) is 10.0 Å². The van der Waals surface area contributed by atoms with Gasteiger partial charge in [-0.05, 0) is 50.1 Å². The van der Waals surface area contributed by atoms with E-state index in [1.165, 1.54) is 4.90 Å². The Morgan fingerprint density at radius 3 is 2.32 bits per heavy atom. The van der Waals surface area contributed by atoms with Crippen molar-refractivity contribution in [2.75, 3.05) is 20.3 Å². The van der Waals surface area contributed by atoms with Crippen LogP contribution in [0, 0.1) is 0 Å². The van der Waals surface area contributed by atoms with Gasteiger partial charge in [-0.3, -0.25) is 9.59 Å². The normalized spacial score (nSPS) is 18.1. The summed E-state index contributed by atoms with van der Waals surface area (Å²) in [6.45, 7) is 4.71. The Morgan fingerprint density at radius 1 is 1.10 bits per heavy atom. The number of hydrogen-bond acceptors (Lipinski definition) is 5. The van der Waals surface area contributed by atoms with Crippen LogP contribution in [0.5, 0.6) is 5.75 Å². The van der Waals surface area contributed by atoms with Gasteiger partial charge in [0.2, 0.25) is 0 Å². The highest BCUT2D eigenvalue weighted by atomic mass is 79.9. The molecule has 0 aromatic heterocycles. The topological polar surface area (TPSA) is 76.1 Å². The summed E-state index contributed by atoms with van der Waals surface area (Å²) < 4.78 is 11.7. The van der Waals surface area contributed by atoms with Crippen LogP contribution in [0.3, 0.4) is 0 Å². The molecule has 0 spiro atoms. The number of halogens is 1. The van der Waals surface area contributed by atoms with Crippen LogP contribution in [0.4, 0.5) is 0 Å². The number of rotatable bonds is 8. The molecule has 0 unspecified atom stereocenters. The van der Waals surface area contributed by atoms with Crippen molar-refractivity contribution in [3.05, 3.63) is 69.7 Å². The molecule has 1 aliphatic rings. The molecule has 1 fully saturated rings. The summed E-state index contributed by atoms with van der Waals surface area (Å²) in [5.74, 6) is -0.832. The van der Waals surface area contributed by atoms with Crippen molar-refractivity contribution in [2.45, 2.75) is 32.4 Å². The van der Waals surface area contributed by atoms with Gasteiger partial charge in [-0.2, -0.15) is 0 Å². The molecule has 1 amide bonds. The van der Waals surface area contributed by atoms with Crippen LogP contribution in [0.25, 0.3) is 5.76 Å². The molecule has 1 atom stereocenters. The number of likely N-dealkylation sites (tertiary alicyclic amines) is 1. The maximum absolute atomic E-state index is 13.0. The number of carbonyl (C=O) groups excluding carboxylic acids is 2. The predicted molar refractivity (Wildman–Crippen MR) is 122 cm³/mol. The molecule has 1 N–H and O–H groups in total. The second-order valence-electron chi connectivity index (χ2n) is 7.55. The van der Waals surface area contributed by atoms with Crippen LogP contribution in [0.1, 0.15) is 37.4 Å². The van der Waals surface area contributed by atoms with E-state index < -0.39 is 17.7 Å². The lowest BCUT2D eigenvalue weighted by Crippen LogP contribution is -2.31. The van der Waals surface area contributed by atoms with E-state index >= 15 is 0 Å².